The lowest BCUT2D eigenvalue weighted by molar-refractivity contribution is -0.143. The fourth-order valence-electron chi connectivity index (χ4n) is 3.59. The average Bonchev–Trinajstić information content (AvgIpc) is 3.05. The van der Waals surface area contributed by atoms with Crippen LogP contribution in [0.25, 0.3) is 10.2 Å². The average molecular weight is 489 g/mol. The normalized spacial score (nSPS) is 12.3. The van der Waals surface area contributed by atoms with Crippen molar-refractivity contribution in [2.24, 2.45) is 4.99 Å². The molecule has 0 aliphatic heterocycles. The summed E-state index contributed by atoms with van der Waals surface area (Å²) in [5, 5.41) is 0. The summed E-state index contributed by atoms with van der Waals surface area (Å²) in [5.74, 6) is -0.953. The summed E-state index contributed by atoms with van der Waals surface area (Å²) >= 11 is 1.34. The predicted molar refractivity (Wildman–Crippen MR) is 130 cm³/mol. The topological polar surface area (TPSA) is 94.8 Å². The van der Waals surface area contributed by atoms with Gasteiger partial charge < -0.3 is 9.30 Å². The summed E-state index contributed by atoms with van der Waals surface area (Å²) in [7, 11) is -3.32. The first-order chi connectivity index (χ1) is 15.7. The van der Waals surface area contributed by atoms with Crippen LogP contribution < -0.4 is 4.80 Å². The summed E-state index contributed by atoms with van der Waals surface area (Å²) in [5.41, 5.74) is 3.62. The first kappa shape index (κ1) is 24.9. The Morgan fingerprint density at radius 1 is 1.12 bits per heavy atom. The number of sulfone groups is 1. The highest BCUT2D eigenvalue weighted by Crippen LogP contribution is 2.23. The second kappa shape index (κ2) is 10.9. The number of aromatic nitrogens is 1. The number of amides is 1. The van der Waals surface area contributed by atoms with Gasteiger partial charge in [-0.25, -0.2) is 8.42 Å². The molecule has 0 bridgehead atoms. The minimum absolute atomic E-state index is 0.0136. The monoisotopic (exact) mass is 488 g/mol. The number of nitrogens with zero attached hydrogens (tertiary/aromatic N) is 2. The Kier molecular flexibility index (Phi) is 8.20. The van der Waals surface area contributed by atoms with E-state index in [0.717, 1.165) is 26.9 Å². The number of hydrogen-bond acceptors (Lipinski definition) is 6. The molecule has 1 amide bonds. The van der Waals surface area contributed by atoms with Gasteiger partial charge in [-0.2, -0.15) is 4.99 Å². The van der Waals surface area contributed by atoms with Gasteiger partial charge in [-0.05, 0) is 49.9 Å². The third-order valence-corrected chi connectivity index (χ3v) is 7.92. The highest BCUT2D eigenvalue weighted by Gasteiger charge is 2.16. The van der Waals surface area contributed by atoms with Crippen LogP contribution in [0.2, 0.25) is 0 Å². The van der Waals surface area contributed by atoms with E-state index in [1.165, 1.54) is 11.3 Å². The zero-order valence-electron chi connectivity index (χ0n) is 19.0. The van der Waals surface area contributed by atoms with E-state index in [2.05, 4.69) is 4.99 Å². The number of esters is 1. The minimum Gasteiger partial charge on any atom is -0.465 e. The number of carbonyl (C=O) groups is 2. The molecule has 0 spiro atoms. The van der Waals surface area contributed by atoms with Crippen molar-refractivity contribution in [3.63, 3.8) is 0 Å². The van der Waals surface area contributed by atoms with Gasteiger partial charge in [-0.1, -0.05) is 47.7 Å². The lowest BCUT2D eigenvalue weighted by Gasteiger charge is -2.06. The smallest absolute Gasteiger partial charge is 0.326 e. The lowest BCUT2D eigenvalue weighted by Crippen LogP contribution is -2.23. The molecule has 0 unspecified atom stereocenters. The van der Waals surface area contributed by atoms with Crippen molar-refractivity contribution in [1.29, 1.82) is 0 Å². The molecule has 3 rings (SSSR count). The van der Waals surface area contributed by atoms with Crippen molar-refractivity contribution >= 4 is 43.3 Å². The molecule has 1 aromatic heterocycles. The molecule has 33 heavy (non-hydrogen) atoms. The molecule has 0 aliphatic carbocycles. The highest BCUT2D eigenvalue weighted by atomic mass is 32.2. The molecule has 0 N–H and O–H groups in total. The number of thiazole rings is 1. The zero-order chi connectivity index (χ0) is 24.0. The fourth-order valence-corrected chi connectivity index (χ4v) is 6.12. The molecule has 0 saturated carbocycles. The van der Waals surface area contributed by atoms with Crippen LogP contribution in [-0.2, 0) is 36.5 Å². The van der Waals surface area contributed by atoms with E-state index < -0.39 is 21.7 Å². The molecule has 9 heteroatoms. The second-order valence-electron chi connectivity index (χ2n) is 7.89. The minimum atomic E-state index is -3.32. The Labute approximate surface area is 197 Å². The van der Waals surface area contributed by atoms with E-state index in [1.54, 1.807) is 35.8 Å². The van der Waals surface area contributed by atoms with Crippen molar-refractivity contribution in [2.45, 2.75) is 45.9 Å². The number of carbonyl (C=O) groups excluding carboxylic acids is 2. The highest BCUT2D eigenvalue weighted by molar-refractivity contribution is 7.90. The summed E-state index contributed by atoms with van der Waals surface area (Å²) in [4.78, 5) is 29.4. The number of aryl methyl sites for hydroxylation is 2. The third-order valence-electron chi connectivity index (χ3n) is 5.00. The Morgan fingerprint density at radius 2 is 1.85 bits per heavy atom. The van der Waals surface area contributed by atoms with Gasteiger partial charge in [0.1, 0.15) is 6.54 Å². The van der Waals surface area contributed by atoms with Gasteiger partial charge in [0.2, 0.25) is 5.91 Å². The molecule has 0 atom stereocenters. The van der Waals surface area contributed by atoms with Gasteiger partial charge in [0.05, 0.1) is 28.3 Å². The second-order valence-corrected chi connectivity index (χ2v) is 11.1. The van der Waals surface area contributed by atoms with Crippen molar-refractivity contribution in [2.75, 3.05) is 12.4 Å². The molecule has 176 valence electrons. The van der Waals surface area contributed by atoms with Gasteiger partial charge in [0.25, 0.3) is 0 Å². The summed E-state index contributed by atoms with van der Waals surface area (Å²) in [6.45, 7) is 5.90. The van der Waals surface area contributed by atoms with E-state index >= 15 is 0 Å². The zero-order valence-corrected chi connectivity index (χ0v) is 20.7. The van der Waals surface area contributed by atoms with Crippen LogP contribution in [-0.4, -0.2) is 37.2 Å². The van der Waals surface area contributed by atoms with Crippen LogP contribution in [0.5, 0.6) is 0 Å². The Balaban J connectivity index is 1.78. The van der Waals surface area contributed by atoms with Crippen molar-refractivity contribution in [3.8, 4) is 0 Å². The molecular formula is C24H28N2O5S2. The predicted octanol–water partition coefficient (Wildman–Crippen LogP) is 3.71. The van der Waals surface area contributed by atoms with Gasteiger partial charge in [-0.3, -0.25) is 9.59 Å². The van der Waals surface area contributed by atoms with Crippen molar-refractivity contribution in [3.05, 3.63) is 64.0 Å². The van der Waals surface area contributed by atoms with E-state index in [0.29, 0.717) is 4.80 Å². The first-order valence-electron chi connectivity index (χ1n) is 10.8. The van der Waals surface area contributed by atoms with Crippen molar-refractivity contribution < 1.29 is 22.7 Å². The number of ether oxygens (including phenoxy) is 1. The molecule has 0 saturated heterocycles. The first-order valence-corrected chi connectivity index (χ1v) is 13.4. The molecule has 7 nitrogen and oxygen atoms in total. The van der Waals surface area contributed by atoms with Gasteiger partial charge in [0.15, 0.2) is 14.6 Å². The molecule has 1 heterocycles. The number of rotatable bonds is 9. The number of hydrogen-bond donors (Lipinski definition) is 0. The van der Waals surface area contributed by atoms with E-state index in [1.807, 2.05) is 32.0 Å². The van der Waals surface area contributed by atoms with Crippen LogP contribution in [0.4, 0.5) is 0 Å². The Bertz CT molecular complexity index is 1320. The maximum absolute atomic E-state index is 12.6. The maximum atomic E-state index is 12.6. The molecule has 0 radical (unpaired) electrons. The molecule has 0 aliphatic rings. The van der Waals surface area contributed by atoms with Crippen LogP contribution in [0.15, 0.2) is 47.5 Å². The summed E-state index contributed by atoms with van der Waals surface area (Å²) < 4.78 is 32.5. The van der Waals surface area contributed by atoms with E-state index in [4.69, 9.17) is 4.74 Å². The van der Waals surface area contributed by atoms with Crippen LogP contribution in [0.1, 0.15) is 36.5 Å². The Hall–Kier alpha value is -2.78. The van der Waals surface area contributed by atoms with Crippen LogP contribution in [0, 0.1) is 13.8 Å². The van der Waals surface area contributed by atoms with Crippen LogP contribution >= 0.6 is 11.3 Å². The number of benzene rings is 2. The van der Waals surface area contributed by atoms with Gasteiger partial charge >= 0.3 is 5.97 Å². The standard InChI is InChI=1S/C24H28N2O5S2/c1-4-31-22(28)15-26-20-14-17(2)13-18(3)23(20)32-24(26)25-21(27)11-8-12-33(29,30)16-19-9-6-5-7-10-19/h5-7,9-10,13-14H,4,8,11-12,15-16H2,1-3H3. The van der Waals surface area contributed by atoms with Crippen LogP contribution in [0.3, 0.4) is 0 Å². The summed E-state index contributed by atoms with van der Waals surface area (Å²) in [6.07, 6.45) is 0.206. The molecule has 2 aromatic carbocycles. The summed E-state index contributed by atoms with van der Waals surface area (Å²) in [6, 6.07) is 13.0. The molecular weight excluding hydrogens is 460 g/mol. The third kappa shape index (κ3) is 6.85. The van der Waals surface area contributed by atoms with Gasteiger partial charge in [-0.15, -0.1) is 0 Å². The fraction of sp³-hybridized carbons (Fsp3) is 0.375. The SMILES string of the molecule is CCOC(=O)Cn1c(=NC(=O)CCCS(=O)(=O)Cc2ccccc2)sc2c(C)cc(C)cc21. The largest absolute Gasteiger partial charge is 0.465 e. The van der Waals surface area contributed by atoms with E-state index in [-0.39, 0.29) is 37.5 Å². The number of fused-ring (bicyclic) bond motifs is 1. The molecule has 3 aromatic rings. The Morgan fingerprint density at radius 3 is 2.55 bits per heavy atom. The molecule has 0 fully saturated rings. The van der Waals surface area contributed by atoms with Gasteiger partial charge in [0, 0.05) is 6.42 Å². The van der Waals surface area contributed by atoms with Crippen molar-refractivity contribution in [1.82, 2.24) is 4.57 Å². The maximum Gasteiger partial charge on any atom is 0.326 e. The quantitative estimate of drug-likeness (QED) is 0.428. The van der Waals surface area contributed by atoms with E-state index in [9.17, 15) is 18.0 Å². The lowest BCUT2D eigenvalue weighted by atomic mass is 10.1.